The van der Waals surface area contributed by atoms with Crippen LogP contribution in [0.25, 0.3) is 6.08 Å². The van der Waals surface area contributed by atoms with Crippen LogP contribution in [0, 0.1) is 13.8 Å². The Bertz CT molecular complexity index is 1180. The molecule has 6 heteroatoms. The van der Waals surface area contributed by atoms with Gasteiger partial charge in [-0.05, 0) is 94.0 Å². The SMILES string of the molecule is CCN1c2cc(C)c(/C=C3\C(=O)NC(=O)N(c4ccc(C)cc4)C3=O)cc2C(C)CC1(C)C. The molecule has 0 aliphatic carbocycles. The van der Waals surface area contributed by atoms with E-state index in [1.54, 1.807) is 18.2 Å². The summed E-state index contributed by atoms with van der Waals surface area (Å²) in [5.74, 6) is -0.944. The van der Waals surface area contributed by atoms with Gasteiger partial charge in [0.25, 0.3) is 11.8 Å². The third kappa shape index (κ3) is 3.94. The second kappa shape index (κ2) is 8.18. The average Bonchev–Trinajstić information content (AvgIpc) is 2.72. The molecule has 2 aliphatic rings. The highest BCUT2D eigenvalue weighted by molar-refractivity contribution is 6.39. The van der Waals surface area contributed by atoms with Gasteiger partial charge in [-0.3, -0.25) is 14.9 Å². The molecular formula is C27H31N3O3. The Hall–Kier alpha value is -3.41. The largest absolute Gasteiger partial charge is 0.366 e. The number of fused-ring (bicyclic) bond motifs is 1. The van der Waals surface area contributed by atoms with E-state index in [4.69, 9.17) is 0 Å². The van der Waals surface area contributed by atoms with E-state index >= 15 is 0 Å². The predicted molar refractivity (Wildman–Crippen MR) is 131 cm³/mol. The summed E-state index contributed by atoms with van der Waals surface area (Å²) in [7, 11) is 0. The summed E-state index contributed by atoms with van der Waals surface area (Å²) < 4.78 is 0. The molecular weight excluding hydrogens is 414 g/mol. The van der Waals surface area contributed by atoms with Gasteiger partial charge >= 0.3 is 6.03 Å². The first kappa shape index (κ1) is 22.8. The monoisotopic (exact) mass is 445 g/mol. The van der Waals surface area contributed by atoms with Crippen LogP contribution >= 0.6 is 0 Å². The Kier molecular flexibility index (Phi) is 5.64. The molecule has 2 aromatic carbocycles. The van der Waals surface area contributed by atoms with Gasteiger partial charge in [0.2, 0.25) is 0 Å². The molecule has 2 aliphatic heterocycles. The zero-order chi connectivity index (χ0) is 24.1. The van der Waals surface area contributed by atoms with Gasteiger partial charge in [0.15, 0.2) is 0 Å². The van der Waals surface area contributed by atoms with Crippen molar-refractivity contribution in [2.45, 2.75) is 59.4 Å². The van der Waals surface area contributed by atoms with Crippen LogP contribution in [0.2, 0.25) is 0 Å². The van der Waals surface area contributed by atoms with Crippen molar-refractivity contribution in [3.63, 3.8) is 0 Å². The maximum Gasteiger partial charge on any atom is 0.335 e. The Morgan fingerprint density at radius 3 is 2.39 bits per heavy atom. The summed E-state index contributed by atoms with van der Waals surface area (Å²) in [6.45, 7) is 13.7. The fourth-order valence-electron chi connectivity index (χ4n) is 5.15. The minimum absolute atomic E-state index is 0.0469. The molecule has 1 unspecified atom stereocenters. The first-order valence-electron chi connectivity index (χ1n) is 11.4. The Labute approximate surface area is 195 Å². The molecule has 1 atom stereocenters. The quantitative estimate of drug-likeness (QED) is 0.528. The van der Waals surface area contributed by atoms with Gasteiger partial charge in [0.1, 0.15) is 5.57 Å². The molecule has 2 aromatic rings. The highest BCUT2D eigenvalue weighted by Crippen LogP contribution is 2.44. The number of nitrogens with zero attached hydrogens (tertiary/aromatic N) is 2. The number of imide groups is 2. The lowest BCUT2D eigenvalue weighted by Gasteiger charge is -2.47. The van der Waals surface area contributed by atoms with E-state index in [-0.39, 0.29) is 11.1 Å². The topological polar surface area (TPSA) is 69.7 Å². The first-order valence-corrected chi connectivity index (χ1v) is 11.4. The van der Waals surface area contributed by atoms with Gasteiger partial charge < -0.3 is 4.90 Å². The molecule has 0 radical (unpaired) electrons. The highest BCUT2D eigenvalue weighted by atomic mass is 16.2. The maximum absolute atomic E-state index is 13.3. The zero-order valence-electron chi connectivity index (χ0n) is 20.2. The summed E-state index contributed by atoms with van der Waals surface area (Å²) in [6.07, 6.45) is 2.63. The Balaban J connectivity index is 1.77. The number of anilines is 2. The number of barbiturate groups is 1. The molecule has 0 spiro atoms. The van der Waals surface area contributed by atoms with E-state index in [1.807, 2.05) is 26.0 Å². The van der Waals surface area contributed by atoms with E-state index in [2.05, 4.69) is 50.0 Å². The molecule has 33 heavy (non-hydrogen) atoms. The summed E-state index contributed by atoms with van der Waals surface area (Å²) in [5.41, 5.74) is 5.66. The third-order valence-electron chi connectivity index (χ3n) is 6.78. The number of carbonyl (C=O) groups is 3. The van der Waals surface area contributed by atoms with Crippen LogP contribution in [-0.4, -0.2) is 29.9 Å². The van der Waals surface area contributed by atoms with Crippen molar-refractivity contribution in [1.29, 1.82) is 0 Å². The lowest BCUT2D eigenvalue weighted by atomic mass is 9.79. The first-order chi connectivity index (χ1) is 15.5. The van der Waals surface area contributed by atoms with Crippen molar-refractivity contribution in [2.75, 3.05) is 16.3 Å². The Morgan fingerprint density at radius 1 is 1.09 bits per heavy atom. The number of aryl methyl sites for hydroxylation is 2. The smallest absolute Gasteiger partial charge is 0.335 e. The number of amides is 4. The van der Waals surface area contributed by atoms with Crippen LogP contribution in [0.1, 0.15) is 62.3 Å². The fraction of sp³-hybridized carbons (Fsp3) is 0.370. The Morgan fingerprint density at radius 2 is 1.76 bits per heavy atom. The summed E-state index contributed by atoms with van der Waals surface area (Å²) in [6, 6.07) is 10.6. The van der Waals surface area contributed by atoms with E-state index in [1.165, 1.54) is 11.3 Å². The van der Waals surface area contributed by atoms with Crippen LogP contribution in [0.4, 0.5) is 16.2 Å². The van der Waals surface area contributed by atoms with Gasteiger partial charge in [-0.25, -0.2) is 9.69 Å². The maximum atomic E-state index is 13.3. The van der Waals surface area contributed by atoms with Crippen LogP contribution in [0.15, 0.2) is 42.0 Å². The summed E-state index contributed by atoms with van der Waals surface area (Å²) >= 11 is 0. The van der Waals surface area contributed by atoms with Gasteiger partial charge in [-0.2, -0.15) is 0 Å². The lowest BCUT2D eigenvalue weighted by molar-refractivity contribution is -0.122. The van der Waals surface area contributed by atoms with E-state index in [0.717, 1.165) is 34.6 Å². The number of urea groups is 1. The van der Waals surface area contributed by atoms with Crippen LogP contribution < -0.4 is 15.1 Å². The predicted octanol–water partition coefficient (Wildman–Crippen LogP) is 5.08. The van der Waals surface area contributed by atoms with Gasteiger partial charge in [0, 0.05) is 17.8 Å². The molecule has 172 valence electrons. The molecule has 2 heterocycles. The third-order valence-corrected chi connectivity index (χ3v) is 6.78. The van der Waals surface area contributed by atoms with Crippen molar-refractivity contribution in [3.05, 3.63) is 64.2 Å². The van der Waals surface area contributed by atoms with Crippen molar-refractivity contribution in [3.8, 4) is 0 Å². The molecule has 1 saturated heterocycles. The van der Waals surface area contributed by atoms with Gasteiger partial charge in [-0.1, -0.05) is 24.6 Å². The number of rotatable bonds is 3. The molecule has 4 rings (SSSR count). The second-order valence-corrected chi connectivity index (χ2v) is 9.72. The highest BCUT2D eigenvalue weighted by Gasteiger charge is 2.38. The van der Waals surface area contributed by atoms with E-state index < -0.39 is 17.8 Å². The molecule has 0 aromatic heterocycles. The number of carbonyl (C=O) groups excluding carboxylic acids is 3. The molecule has 0 bridgehead atoms. The number of hydrogen-bond donors (Lipinski definition) is 1. The minimum atomic E-state index is -0.734. The van der Waals surface area contributed by atoms with Crippen molar-refractivity contribution < 1.29 is 14.4 Å². The number of nitrogens with one attached hydrogen (secondary N) is 1. The zero-order valence-corrected chi connectivity index (χ0v) is 20.2. The van der Waals surface area contributed by atoms with Crippen LogP contribution in [0.5, 0.6) is 0 Å². The summed E-state index contributed by atoms with van der Waals surface area (Å²) in [5, 5.41) is 2.31. The van der Waals surface area contributed by atoms with Gasteiger partial charge in [-0.15, -0.1) is 0 Å². The number of hydrogen-bond acceptors (Lipinski definition) is 4. The minimum Gasteiger partial charge on any atom is -0.366 e. The fourth-order valence-corrected chi connectivity index (χ4v) is 5.15. The van der Waals surface area contributed by atoms with E-state index in [0.29, 0.717) is 11.6 Å². The van der Waals surface area contributed by atoms with E-state index in [9.17, 15) is 14.4 Å². The molecule has 4 amide bonds. The second-order valence-electron chi connectivity index (χ2n) is 9.72. The molecule has 1 fully saturated rings. The lowest BCUT2D eigenvalue weighted by Crippen LogP contribution is -2.54. The average molecular weight is 446 g/mol. The van der Waals surface area contributed by atoms with Crippen LogP contribution in [0.3, 0.4) is 0 Å². The molecule has 1 N–H and O–H groups in total. The standard InChI is InChI=1S/C27H31N3O3/c1-7-29-23-12-17(3)19(13-21(23)18(4)15-27(29,5)6)14-22-24(31)28-26(33)30(25(22)32)20-10-8-16(2)9-11-20/h8-14,18H,7,15H2,1-6H3,(H,28,31,33)/b22-14+. The van der Waals surface area contributed by atoms with Crippen molar-refractivity contribution >= 4 is 35.3 Å². The number of benzene rings is 2. The normalized spacial score (nSPS) is 21.3. The van der Waals surface area contributed by atoms with Crippen LogP contribution in [-0.2, 0) is 9.59 Å². The van der Waals surface area contributed by atoms with Crippen molar-refractivity contribution in [2.24, 2.45) is 0 Å². The summed E-state index contributed by atoms with van der Waals surface area (Å²) in [4.78, 5) is 41.8. The molecule has 6 nitrogen and oxygen atoms in total. The van der Waals surface area contributed by atoms with Gasteiger partial charge in [0.05, 0.1) is 5.69 Å². The molecule has 0 saturated carbocycles. The van der Waals surface area contributed by atoms with Crippen molar-refractivity contribution in [1.82, 2.24) is 5.32 Å².